The van der Waals surface area contributed by atoms with E-state index in [1.807, 2.05) is 24.3 Å². The van der Waals surface area contributed by atoms with Crippen LogP contribution in [-0.2, 0) is 16.3 Å². The van der Waals surface area contributed by atoms with Gasteiger partial charge >= 0.3 is 0 Å². The molecule has 0 saturated carbocycles. The lowest BCUT2D eigenvalue weighted by Gasteiger charge is -2.28. The van der Waals surface area contributed by atoms with E-state index in [0.29, 0.717) is 17.0 Å². The number of benzene rings is 2. The molecule has 0 bridgehead atoms. The molecule has 0 N–H and O–H groups in total. The van der Waals surface area contributed by atoms with Crippen LogP contribution in [0.2, 0.25) is 0 Å². The second kappa shape index (κ2) is 7.33. The first-order chi connectivity index (χ1) is 12.4. The van der Waals surface area contributed by atoms with Crippen LogP contribution in [0.25, 0.3) is 0 Å². The van der Waals surface area contributed by atoms with Crippen molar-refractivity contribution in [1.29, 1.82) is 0 Å². The minimum Gasteiger partial charge on any atom is -0.497 e. The van der Waals surface area contributed by atoms with Gasteiger partial charge in [-0.25, -0.2) is 8.42 Å². The van der Waals surface area contributed by atoms with Gasteiger partial charge in [0.25, 0.3) is 5.91 Å². The first-order valence-corrected chi connectivity index (χ1v) is 10.1. The molecule has 0 radical (unpaired) electrons. The summed E-state index contributed by atoms with van der Waals surface area (Å²) >= 11 is 0. The van der Waals surface area contributed by atoms with Gasteiger partial charge in [-0.3, -0.25) is 4.79 Å². The minimum absolute atomic E-state index is 0.107. The molecule has 0 spiro atoms. The highest BCUT2D eigenvalue weighted by Gasteiger charge is 2.32. The van der Waals surface area contributed by atoms with E-state index in [4.69, 9.17) is 4.74 Å². The van der Waals surface area contributed by atoms with E-state index < -0.39 is 15.9 Å². The van der Waals surface area contributed by atoms with Crippen LogP contribution >= 0.6 is 0 Å². The average molecular weight is 371 g/mol. The molecule has 0 saturated heterocycles. The van der Waals surface area contributed by atoms with Crippen LogP contribution in [0, 0.1) is 0 Å². The molecule has 1 amide bonds. The van der Waals surface area contributed by atoms with Gasteiger partial charge < -0.3 is 9.64 Å². The molecule has 5 nitrogen and oxygen atoms in total. The number of hydrogen-bond acceptors (Lipinski definition) is 4. The third-order valence-corrected chi connectivity index (χ3v) is 5.80. The molecule has 26 heavy (non-hydrogen) atoms. The Morgan fingerprint density at radius 3 is 2.27 bits per heavy atom. The molecule has 3 rings (SSSR count). The molecule has 2 aromatic rings. The topological polar surface area (TPSA) is 63.7 Å². The Morgan fingerprint density at radius 1 is 1.12 bits per heavy atom. The molecule has 0 aromatic heterocycles. The third kappa shape index (κ3) is 3.80. The molecule has 2 aromatic carbocycles. The fourth-order valence-electron chi connectivity index (χ4n) is 2.94. The first kappa shape index (κ1) is 18.2. The summed E-state index contributed by atoms with van der Waals surface area (Å²) in [6.45, 7) is 2.06. The molecule has 0 unspecified atom stereocenters. The van der Waals surface area contributed by atoms with Crippen LogP contribution in [-0.4, -0.2) is 33.2 Å². The molecule has 1 aliphatic heterocycles. The Morgan fingerprint density at radius 2 is 1.77 bits per heavy atom. The number of carbonyl (C=O) groups excluding carboxylic acids is 1. The summed E-state index contributed by atoms with van der Waals surface area (Å²) in [6, 6.07) is 13.9. The van der Waals surface area contributed by atoms with Crippen LogP contribution < -0.4 is 9.64 Å². The maximum Gasteiger partial charge on any atom is 0.258 e. The quantitative estimate of drug-likeness (QED) is 0.810. The summed E-state index contributed by atoms with van der Waals surface area (Å²) in [7, 11) is -1.72. The lowest BCUT2D eigenvalue weighted by Crippen LogP contribution is -2.41. The highest BCUT2D eigenvalue weighted by atomic mass is 32.2. The lowest BCUT2D eigenvalue weighted by atomic mass is 10.1. The molecule has 1 heterocycles. The number of hydrogen-bond donors (Lipinski definition) is 0. The molecule has 136 valence electrons. The summed E-state index contributed by atoms with van der Waals surface area (Å²) in [5, 5.41) is 1.19. The zero-order valence-electron chi connectivity index (χ0n) is 14.8. The highest BCUT2D eigenvalue weighted by Crippen LogP contribution is 2.26. The Bertz CT molecular complexity index is 915. The highest BCUT2D eigenvalue weighted by molar-refractivity contribution is 7.94. The van der Waals surface area contributed by atoms with E-state index >= 15 is 0 Å². The molecule has 0 fully saturated rings. The molecular formula is C20H21NO4S. The van der Waals surface area contributed by atoms with Crippen molar-refractivity contribution in [2.75, 3.05) is 17.8 Å². The van der Waals surface area contributed by atoms with Gasteiger partial charge in [-0.1, -0.05) is 19.1 Å². The maximum absolute atomic E-state index is 13.2. The van der Waals surface area contributed by atoms with Crippen LogP contribution in [0.15, 0.2) is 60.0 Å². The van der Waals surface area contributed by atoms with Gasteiger partial charge in [0.1, 0.15) is 5.75 Å². The second-order valence-corrected chi connectivity index (χ2v) is 8.08. The Labute approximate surface area is 153 Å². The van der Waals surface area contributed by atoms with Crippen molar-refractivity contribution in [3.05, 3.63) is 71.1 Å². The number of carbonyl (C=O) groups is 1. The summed E-state index contributed by atoms with van der Waals surface area (Å²) in [5.41, 5.74) is 2.30. The van der Waals surface area contributed by atoms with E-state index in [0.717, 1.165) is 12.0 Å². The largest absolute Gasteiger partial charge is 0.497 e. The molecule has 1 aliphatic rings. The molecule has 1 atom stereocenters. The van der Waals surface area contributed by atoms with Crippen molar-refractivity contribution in [2.45, 2.75) is 19.4 Å². The first-order valence-electron chi connectivity index (χ1n) is 8.41. The van der Waals surface area contributed by atoms with Crippen LogP contribution in [0.4, 0.5) is 5.69 Å². The monoisotopic (exact) mass is 371 g/mol. The van der Waals surface area contributed by atoms with Gasteiger partial charge in [-0.05, 0) is 54.5 Å². The zero-order valence-corrected chi connectivity index (χ0v) is 15.6. The van der Waals surface area contributed by atoms with Gasteiger partial charge in [0.2, 0.25) is 0 Å². The van der Waals surface area contributed by atoms with E-state index in [1.165, 1.54) is 5.41 Å². The molecular weight excluding hydrogens is 350 g/mol. The number of methoxy groups -OCH3 is 1. The van der Waals surface area contributed by atoms with Crippen molar-refractivity contribution < 1.29 is 17.9 Å². The summed E-state index contributed by atoms with van der Waals surface area (Å²) in [5.74, 6) is 0.303. The number of nitrogens with zero attached hydrogens (tertiary/aromatic N) is 1. The van der Waals surface area contributed by atoms with Gasteiger partial charge in [0, 0.05) is 16.7 Å². The van der Waals surface area contributed by atoms with Crippen molar-refractivity contribution in [1.82, 2.24) is 0 Å². The van der Waals surface area contributed by atoms with E-state index in [2.05, 4.69) is 6.92 Å². The normalized spacial score (nSPS) is 17.8. The van der Waals surface area contributed by atoms with Crippen LogP contribution in [0.1, 0.15) is 22.8 Å². The predicted octanol–water partition coefficient (Wildman–Crippen LogP) is 3.22. The summed E-state index contributed by atoms with van der Waals surface area (Å²) in [4.78, 5) is 14.7. The SMILES string of the molecule is CCc1ccc(N(C(=O)c2ccc(OC)cc2)[C@@H]2C=CS(=O)(=O)C2)cc1. The standard InChI is InChI=1S/C20H21NO4S/c1-3-15-4-8-17(9-5-15)21(18-12-13-26(23,24)14-18)20(22)16-6-10-19(25-2)11-7-16/h4-13,18H,3,14H2,1-2H3/t18-/m1/s1. The number of sulfone groups is 1. The van der Waals surface area contributed by atoms with Gasteiger partial charge in [-0.15, -0.1) is 0 Å². The van der Waals surface area contributed by atoms with Crippen molar-refractivity contribution >= 4 is 21.4 Å². The van der Waals surface area contributed by atoms with Crippen molar-refractivity contribution in [3.63, 3.8) is 0 Å². The fourth-order valence-corrected chi connectivity index (χ4v) is 4.21. The Hall–Kier alpha value is -2.60. The molecule has 6 heteroatoms. The maximum atomic E-state index is 13.2. The minimum atomic E-state index is -3.28. The van der Waals surface area contributed by atoms with E-state index in [-0.39, 0.29) is 11.7 Å². The smallest absolute Gasteiger partial charge is 0.258 e. The Kier molecular flexibility index (Phi) is 5.13. The number of anilines is 1. The van der Waals surface area contributed by atoms with E-state index in [9.17, 15) is 13.2 Å². The van der Waals surface area contributed by atoms with Gasteiger partial charge in [-0.2, -0.15) is 0 Å². The van der Waals surface area contributed by atoms with E-state index in [1.54, 1.807) is 42.4 Å². The van der Waals surface area contributed by atoms with Crippen LogP contribution in [0.5, 0.6) is 5.75 Å². The summed E-state index contributed by atoms with van der Waals surface area (Å²) in [6.07, 6.45) is 2.47. The summed E-state index contributed by atoms with van der Waals surface area (Å²) < 4.78 is 28.9. The zero-order chi connectivity index (χ0) is 18.7. The number of aryl methyl sites for hydroxylation is 1. The number of amides is 1. The number of rotatable bonds is 5. The van der Waals surface area contributed by atoms with Gasteiger partial charge in [0.05, 0.1) is 18.9 Å². The van der Waals surface area contributed by atoms with Crippen molar-refractivity contribution in [3.8, 4) is 5.75 Å². The average Bonchev–Trinajstić information content (AvgIpc) is 3.02. The predicted molar refractivity (Wildman–Crippen MR) is 102 cm³/mol. The number of ether oxygens (including phenoxy) is 1. The van der Waals surface area contributed by atoms with Crippen LogP contribution in [0.3, 0.4) is 0 Å². The fraction of sp³-hybridized carbons (Fsp3) is 0.250. The molecule has 0 aliphatic carbocycles. The third-order valence-electron chi connectivity index (χ3n) is 4.42. The second-order valence-electron chi connectivity index (χ2n) is 6.15. The lowest BCUT2D eigenvalue weighted by molar-refractivity contribution is 0.0983. The van der Waals surface area contributed by atoms with Gasteiger partial charge in [0.15, 0.2) is 9.84 Å². The Balaban J connectivity index is 1.98. The van der Waals surface area contributed by atoms with Crippen molar-refractivity contribution in [2.24, 2.45) is 0 Å².